The summed E-state index contributed by atoms with van der Waals surface area (Å²) in [6, 6.07) is 4.05. The van der Waals surface area contributed by atoms with Gasteiger partial charge in [-0.25, -0.2) is 0 Å². The summed E-state index contributed by atoms with van der Waals surface area (Å²) in [5.74, 6) is 0.444. The fourth-order valence-electron chi connectivity index (χ4n) is 2.57. The standard InChI is InChI=1S/C14H21N3O/c1-10(12-5-3-7-16-9-12)17-14(18)8-11-4-2-6-13(11)15/h3,5,7,9-11,13H,2,4,6,8,15H2,1H3,(H,17,18)/t10-,11-,13+/m0/s1. The Bertz CT molecular complexity index is 393. The zero-order chi connectivity index (χ0) is 13.0. The predicted molar refractivity (Wildman–Crippen MR) is 70.7 cm³/mol. The lowest BCUT2D eigenvalue weighted by molar-refractivity contribution is -0.122. The Morgan fingerprint density at radius 3 is 3.06 bits per heavy atom. The lowest BCUT2D eigenvalue weighted by Gasteiger charge is -2.18. The van der Waals surface area contributed by atoms with Gasteiger partial charge in [0.25, 0.3) is 0 Å². The first-order valence-corrected chi connectivity index (χ1v) is 6.61. The number of carbonyl (C=O) groups is 1. The Labute approximate surface area is 108 Å². The molecule has 1 aromatic rings. The molecule has 0 saturated heterocycles. The fraction of sp³-hybridized carbons (Fsp3) is 0.571. The normalized spacial score (nSPS) is 24.8. The van der Waals surface area contributed by atoms with Crippen molar-refractivity contribution in [3.8, 4) is 0 Å². The van der Waals surface area contributed by atoms with Gasteiger partial charge in [0.1, 0.15) is 0 Å². The highest BCUT2D eigenvalue weighted by atomic mass is 16.1. The molecule has 4 nitrogen and oxygen atoms in total. The zero-order valence-electron chi connectivity index (χ0n) is 10.8. The molecule has 0 aromatic carbocycles. The maximum atomic E-state index is 11.9. The van der Waals surface area contributed by atoms with Gasteiger partial charge in [-0.15, -0.1) is 0 Å². The Morgan fingerprint density at radius 2 is 2.44 bits per heavy atom. The fourth-order valence-corrected chi connectivity index (χ4v) is 2.57. The Morgan fingerprint density at radius 1 is 1.61 bits per heavy atom. The van der Waals surface area contributed by atoms with Gasteiger partial charge in [-0.05, 0) is 37.3 Å². The summed E-state index contributed by atoms with van der Waals surface area (Å²) in [5.41, 5.74) is 7.01. The van der Waals surface area contributed by atoms with Crippen LogP contribution in [0.15, 0.2) is 24.5 Å². The van der Waals surface area contributed by atoms with Crippen molar-refractivity contribution < 1.29 is 4.79 Å². The van der Waals surface area contributed by atoms with Crippen LogP contribution >= 0.6 is 0 Å². The van der Waals surface area contributed by atoms with E-state index in [4.69, 9.17) is 5.73 Å². The third-order valence-corrected chi connectivity index (χ3v) is 3.73. The van der Waals surface area contributed by atoms with Crippen molar-refractivity contribution in [1.82, 2.24) is 10.3 Å². The maximum absolute atomic E-state index is 11.9. The Hall–Kier alpha value is -1.42. The minimum Gasteiger partial charge on any atom is -0.350 e. The van der Waals surface area contributed by atoms with Crippen molar-refractivity contribution in [3.63, 3.8) is 0 Å². The van der Waals surface area contributed by atoms with Crippen LogP contribution in [0.4, 0.5) is 0 Å². The summed E-state index contributed by atoms with van der Waals surface area (Å²) in [4.78, 5) is 16.0. The number of hydrogen-bond donors (Lipinski definition) is 2. The van der Waals surface area contributed by atoms with Gasteiger partial charge in [0.05, 0.1) is 6.04 Å². The van der Waals surface area contributed by atoms with Gasteiger partial charge in [0.2, 0.25) is 5.91 Å². The van der Waals surface area contributed by atoms with Gasteiger partial charge >= 0.3 is 0 Å². The molecule has 1 amide bonds. The second-order valence-corrected chi connectivity index (χ2v) is 5.13. The van der Waals surface area contributed by atoms with E-state index in [1.54, 1.807) is 12.4 Å². The van der Waals surface area contributed by atoms with Crippen molar-refractivity contribution in [2.75, 3.05) is 0 Å². The lowest BCUT2D eigenvalue weighted by Crippen LogP contribution is -2.32. The van der Waals surface area contributed by atoms with Crippen LogP contribution in [-0.4, -0.2) is 16.9 Å². The van der Waals surface area contributed by atoms with Crippen molar-refractivity contribution in [3.05, 3.63) is 30.1 Å². The molecule has 1 saturated carbocycles. The molecule has 1 aliphatic carbocycles. The average Bonchev–Trinajstić information content (AvgIpc) is 2.76. The van der Waals surface area contributed by atoms with Gasteiger partial charge in [-0.3, -0.25) is 9.78 Å². The molecule has 1 heterocycles. The molecule has 1 aromatic heterocycles. The van der Waals surface area contributed by atoms with E-state index in [1.807, 2.05) is 19.1 Å². The first kappa shape index (κ1) is 13.0. The van der Waals surface area contributed by atoms with Crippen molar-refractivity contribution in [1.29, 1.82) is 0 Å². The number of pyridine rings is 1. The van der Waals surface area contributed by atoms with Gasteiger partial charge < -0.3 is 11.1 Å². The summed E-state index contributed by atoms with van der Waals surface area (Å²) in [6.07, 6.45) is 7.34. The van der Waals surface area contributed by atoms with Gasteiger partial charge in [-0.2, -0.15) is 0 Å². The highest BCUT2D eigenvalue weighted by Gasteiger charge is 2.26. The SMILES string of the molecule is C[C@H](NC(=O)C[C@@H]1CCC[C@H]1N)c1cccnc1. The van der Waals surface area contributed by atoms with E-state index in [2.05, 4.69) is 10.3 Å². The molecule has 0 spiro atoms. The number of amides is 1. The number of aromatic nitrogens is 1. The molecule has 0 bridgehead atoms. The topological polar surface area (TPSA) is 68.0 Å². The number of nitrogens with two attached hydrogens (primary N) is 1. The van der Waals surface area contributed by atoms with Crippen molar-refractivity contribution in [2.45, 2.75) is 44.7 Å². The van der Waals surface area contributed by atoms with Crippen LogP contribution in [0.5, 0.6) is 0 Å². The van der Waals surface area contributed by atoms with Crippen molar-refractivity contribution in [2.24, 2.45) is 11.7 Å². The van der Waals surface area contributed by atoms with Crippen LogP contribution in [-0.2, 0) is 4.79 Å². The highest BCUT2D eigenvalue weighted by molar-refractivity contribution is 5.76. The van der Waals surface area contributed by atoms with Gasteiger partial charge in [0.15, 0.2) is 0 Å². The number of hydrogen-bond acceptors (Lipinski definition) is 3. The van der Waals surface area contributed by atoms with E-state index >= 15 is 0 Å². The minimum atomic E-state index is 0.00354. The van der Waals surface area contributed by atoms with Crippen LogP contribution in [0.1, 0.15) is 44.2 Å². The largest absolute Gasteiger partial charge is 0.350 e. The first-order chi connectivity index (χ1) is 8.66. The molecule has 0 aliphatic heterocycles. The molecule has 98 valence electrons. The summed E-state index contributed by atoms with van der Waals surface area (Å²) >= 11 is 0. The summed E-state index contributed by atoms with van der Waals surface area (Å²) in [7, 11) is 0. The van der Waals surface area contributed by atoms with Gasteiger partial charge in [0, 0.05) is 24.9 Å². The van der Waals surface area contributed by atoms with Gasteiger partial charge in [-0.1, -0.05) is 12.5 Å². The van der Waals surface area contributed by atoms with Crippen LogP contribution in [0, 0.1) is 5.92 Å². The molecule has 4 heteroatoms. The Balaban J connectivity index is 1.84. The average molecular weight is 247 g/mol. The molecule has 2 rings (SSSR count). The van der Waals surface area contributed by atoms with Crippen LogP contribution in [0.3, 0.4) is 0 Å². The lowest BCUT2D eigenvalue weighted by atomic mass is 9.99. The number of rotatable bonds is 4. The van der Waals surface area contributed by atoms with Crippen LogP contribution < -0.4 is 11.1 Å². The summed E-state index contributed by atoms with van der Waals surface area (Å²) in [5, 5.41) is 3.01. The first-order valence-electron chi connectivity index (χ1n) is 6.61. The molecule has 3 atom stereocenters. The second kappa shape index (κ2) is 5.96. The Kier molecular flexibility index (Phi) is 4.31. The smallest absolute Gasteiger partial charge is 0.220 e. The van der Waals surface area contributed by atoms with Crippen LogP contribution in [0.2, 0.25) is 0 Å². The molecule has 18 heavy (non-hydrogen) atoms. The van der Waals surface area contributed by atoms with E-state index in [0.29, 0.717) is 12.3 Å². The molecule has 0 unspecified atom stereocenters. The summed E-state index contributed by atoms with van der Waals surface area (Å²) in [6.45, 7) is 1.98. The van der Waals surface area contributed by atoms with E-state index < -0.39 is 0 Å². The monoisotopic (exact) mass is 247 g/mol. The number of carbonyl (C=O) groups excluding carboxylic acids is 1. The van der Waals surface area contributed by atoms with E-state index in [-0.39, 0.29) is 18.0 Å². The molecular weight excluding hydrogens is 226 g/mol. The molecule has 1 aliphatic rings. The maximum Gasteiger partial charge on any atom is 0.220 e. The zero-order valence-corrected chi connectivity index (χ0v) is 10.8. The highest BCUT2D eigenvalue weighted by Crippen LogP contribution is 2.26. The van der Waals surface area contributed by atoms with E-state index in [0.717, 1.165) is 24.8 Å². The third-order valence-electron chi connectivity index (χ3n) is 3.73. The number of nitrogens with zero attached hydrogens (tertiary/aromatic N) is 1. The molecule has 0 radical (unpaired) electrons. The van der Waals surface area contributed by atoms with Crippen LogP contribution in [0.25, 0.3) is 0 Å². The second-order valence-electron chi connectivity index (χ2n) is 5.13. The minimum absolute atomic E-state index is 0.00354. The summed E-state index contributed by atoms with van der Waals surface area (Å²) < 4.78 is 0. The van der Waals surface area contributed by atoms with E-state index in [9.17, 15) is 4.79 Å². The molecular formula is C14H21N3O. The number of nitrogens with one attached hydrogen (secondary N) is 1. The van der Waals surface area contributed by atoms with Crippen molar-refractivity contribution >= 4 is 5.91 Å². The molecule has 1 fully saturated rings. The third kappa shape index (κ3) is 3.29. The van der Waals surface area contributed by atoms with E-state index in [1.165, 1.54) is 0 Å². The quantitative estimate of drug-likeness (QED) is 0.852. The predicted octanol–water partition coefficient (Wildman–Crippen LogP) is 1.78. The molecule has 3 N–H and O–H groups in total.